The van der Waals surface area contributed by atoms with E-state index in [1.165, 1.54) is 12.1 Å². The van der Waals surface area contributed by atoms with E-state index in [0.717, 1.165) is 11.1 Å². The van der Waals surface area contributed by atoms with Crippen molar-refractivity contribution in [3.05, 3.63) is 106 Å². The fraction of sp³-hybridized carbons (Fsp3) is 0.233. The molecule has 1 aromatic heterocycles. The molecule has 0 aliphatic heterocycles. The molecule has 0 bridgehead atoms. The molecule has 1 heterocycles. The molecule has 0 saturated heterocycles. The third-order valence-electron chi connectivity index (χ3n) is 5.91. The molecule has 0 fully saturated rings. The Morgan fingerprint density at radius 1 is 0.872 bits per heavy atom. The summed E-state index contributed by atoms with van der Waals surface area (Å²) >= 11 is 12.1. The van der Waals surface area contributed by atoms with E-state index in [4.69, 9.17) is 23.2 Å². The van der Waals surface area contributed by atoms with Crippen molar-refractivity contribution >= 4 is 40.9 Å². The van der Waals surface area contributed by atoms with Crippen LogP contribution in [-0.4, -0.2) is 21.9 Å². The second kappa shape index (κ2) is 13.4. The number of carbonyl (C=O) groups is 1. The Balaban J connectivity index is 1.58. The average Bonchev–Trinajstić information content (AvgIpc) is 2.91. The molecule has 3 N–H and O–H groups in total. The molecule has 0 aliphatic carbocycles. The lowest BCUT2D eigenvalue weighted by atomic mass is 10.0. The summed E-state index contributed by atoms with van der Waals surface area (Å²) < 4.78 is 14.0. The number of hydrogen-bond acceptors (Lipinski definition) is 5. The molecule has 0 spiro atoms. The van der Waals surface area contributed by atoms with E-state index < -0.39 is 6.04 Å². The molecular formula is C30H30Cl2FN5O. The van der Waals surface area contributed by atoms with Crippen LogP contribution in [0.1, 0.15) is 31.4 Å². The summed E-state index contributed by atoms with van der Waals surface area (Å²) in [5.74, 6) is 0.509. The van der Waals surface area contributed by atoms with Crippen LogP contribution in [0.5, 0.6) is 0 Å². The van der Waals surface area contributed by atoms with Crippen molar-refractivity contribution in [2.75, 3.05) is 10.6 Å². The zero-order chi connectivity index (χ0) is 27.8. The Kier molecular flexibility index (Phi) is 9.74. The quantitative estimate of drug-likeness (QED) is 0.177. The van der Waals surface area contributed by atoms with E-state index in [-0.39, 0.29) is 17.6 Å². The lowest BCUT2D eigenvalue weighted by Gasteiger charge is -2.21. The molecule has 0 aliphatic rings. The highest BCUT2D eigenvalue weighted by atomic mass is 35.5. The smallest absolute Gasteiger partial charge is 0.242 e. The molecule has 202 valence electrons. The summed E-state index contributed by atoms with van der Waals surface area (Å²) in [6.07, 6.45) is 0.580. The first-order valence-corrected chi connectivity index (χ1v) is 13.4. The van der Waals surface area contributed by atoms with Gasteiger partial charge in [0, 0.05) is 34.8 Å². The second-order valence-corrected chi connectivity index (χ2v) is 10.5. The molecule has 9 heteroatoms. The van der Waals surface area contributed by atoms with Gasteiger partial charge >= 0.3 is 0 Å². The maximum atomic E-state index is 14.0. The number of hydrogen-bond donors (Lipinski definition) is 3. The molecule has 0 unspecified atom stereocenters. The molecule has 0 radical (unpaired) electrons. The van der Waals surface area contributed by atoms with Crippen LogP contribution in [0.3, 0.4) is 0 Å². The van der Waals surface area contributed by atoms with Crippen molar-refractivity contribution in [3.8, 4) is 11.3 Å². The lowest BCUT2D eigenvalue weighted by Crippen LogP contribution is -2.40. The van der Waals surface area contributed by atoms with Gasteiger partial charge < -0.3 is 16.0 Å². The SMILES string of the molecule is CC(C)C[C@@H](Nc1cc(-c2cccc(F)c2)nc(NCc2cccc(Cl)c2)n1)C(=O)NCc1ccc(Cl)cc1. The highest BCUT2D eigenvalue weighted by molar-refractivity contribution is 6.30. The van der Waals surface area contributed by atoms with E-state index in [1.807, 2.05) is 30.3 Å². The molecule has 1 atom stereocenters. The Labute approximate surface area is 238 Å². The van der Waals surface area contributed by atoms with Crippen molar-refractivity contribution < 1.29 is 9.18 Å². The third-order valence-corrected chi connectivity index (χ3v) is 6.40. The Morgan fingerprint density at radius 3 is 2.36 bits per heavy atom. The Hall–Kier alpha value is -3.68. The molecule has 4 rings (SSSR count). The molecule has 4 aromatic rings. The number of halogens is 3. The molecule has 3 aromatic carbocycles. The predicted molar refractivity (Wildman–Crippen MR) is 156 cm³/mol. The van der Waals surface area contributed by atoms with Gasteiger partial charge in [0.15, 0.2) is 0 Å². The van der Waals surface area contributed by atoms with Crippen molar-refractivity contribution in [1.29, 1.82) is 0 Å². The van der Waals surface area contributed by atoms with Crippen LogP contribution in [0.2, 0.25) is 10.0 Å². The molecule has 6 nitrogen and oxygen atoms in total. The summed E-state index contributed by atoms with van der Waals surface area (Å²) in [6, 6.07) is 22.2. The van der Waals surface area contributed by atoms with Gasteiger partial charge in [-0.15, -0.1) is 0 Å². The molecule has 1 amide bonds. The number of nitrogens with zero attached hydrogens (tertiary/aromatic N) is 2. The third kappa shape index (κ3) is 8.67. The van der Waals surface area contributed by atoms with Crippen LogP contribution < -0.4 is 16.0 Å². The molecule has 0 saturated carbocycles. The van der Waals surface area contributed by atoms with Crippen LogP contribution in [0.4, 0.5) is 16.2 Å². The first kappa shape index (κ1) is 28.3. The van der Waals surface area contributed by atoms with Crippen LogP contribution in [0.15, 0.2) is 78.9 Å². The van der Waals surface area contributed by atoms with Crippen molar-refractivity contribution in [1.82, 2.24) is 15.3 Å². The largest absolute Gasteiger partial charge is 0.358 e. The fourth-order valence-corrected chi connectivity index (χ4v) is 4.36. The van der Waals surface area contributed by atoms with Crippen LogP contribution >= 0.6 is 23.2 Å². The van der Waals surface area contributed by atoms with E-state index in [0.29, 0.717) is 52.6 Å². The summed E-state index contributed by atoms with van der Waals surface area (Å²) in [5.41, 5.74) is 3.01. The summed E-state index contributed by atoms with van der Waals surface area (Å²) in [5, 5.41) is 10.8. The van der Waals surface area contributed by atoms with Gasteiger partial charge in [-0.2, -0.15) is 4.98 Å². The summed E-state index contributed by atoms with van der Waals surface area (Å²) in [4.78, 5) is 22.5. The first-order valence-electron chi connectivity index (χ1n) is 12.7. The van der Waals surface area contributed by atoms with Crippen LogP contribution in [-0.2, 0) is 17.9 Å². The van der Waals surface area contributed by atoms with Gasteiger partial charge in [-0.05, 0) is 59.9 Å². The minimum Gasteiger partial charge on any atom is -0.358 e. The number of anilines is 2. The van der Waals surface area contributed by atoms with E-state index >= 15 is 0 Å². The zero-order valence-corrected chi connectivity index (χ0v) is 23.2. The van der Waals surface area contributed by atoms with Gasteiger partial charge in [0.2, 0.25) is 11.9 Å². The van der Waals surface area contributed by atoms with Crippen LogP contribution in [0, 0.1) is 11.7 Å². The van der Waals surface area contributed by atoms with E-state index in [9.17, 15) is 9.18 Å². The topological polar surface area (TPSA) is 78.9 Å². The number of aromatic nitrogens is 2. The average molecular weight is 567 g/mol. The van der Waals surface area contributed by atoms with Gasteiger partial charge in [-0.1, -0.05) is 73.4 Å². The number of rotatable bonds is 11. The van der Waals surface area contributed by atoms with E-state index in [1.54, 1.807) is 36.4 Å². The minimum atomic E-state index is -0.548. The van der Waals surface area contributed by atoms with Gasteiger partial charge in [0.25, 0.3) is 0 Å². The number of nitrogens with one attached hydrogen (secondary N) is 3. The highest BCUT2D eigenvalue weighted by Gasteiger charge is 2.21. The lowest BCUT2D eigenvalue weighted by molar-refractivity contribution is -0.122. The van der Waals surface area contributed by atoms with Gasteiger partial charge in [-0.3, -0.25) is 4.79 Å². The highest BCUT2D eigenvalue weighted by Crippen LogP contribution is 2.24. The van der Waals surface area contributed by atoms with Crippen molar-refractivity contribution in [2.45, 2.75) is 39.4 Å². The van der Waals surface area contributed by atoms with Crippen LogP contribution in [0.25, 0.3) is 11.3 Å². The predicted octanol–water partition coefficient (Wildman–Crippen LogP) is 7.34. The number of amides is 1. The fourth-order valence-electron chi connectivity index (χ4n) is 4.02. The first-order chi connectivity index (χ1) is 18.7. The van der Waals surface area contributed by atoms with Crippen molar-refractivity contribution in [3.63, 3.8) is 0 Å². The minimum absolute atomic E-state index is 0.155. The zero-order valence-electron chi connectivity index (χ0n) is 21.7. The monoisotopic (exact) mass is 565 g/mol. The maximum Gasteiger partial charge on any atom is 0.242 e. The summed E-state index contributed by atoms with van der Waals surface area (Å²) in [6.45, 7) is 4.91. The van der Waals surface area contributed by atoms with Crippen molar-refractivity contribution in [2.24, 2.45) is 5.92 Å². The standard InChI is InChI=1S/C30H30Cl2FN5O/c1-19(2)13-27(29(39)34-17-20-9-11-23(31)12-10-20)36-28-16-26(22-6-4-8-25(33)15-22)37-30(38-28)35-18-21-5-3-7-24(32)14-21/h3-12,14-16,19,27H,13,17-18H2,1-2H3,(H,34,39)(H2,35,36,37,38)/t27-/m1/s1. The second-order valence-electron chi connectivity index (χ2n) is 9.63. The number of carbonyl (C=O) groups excluding carboxylic acids is 1. The molecular weight excluding hydrogens is 536 g/mol. The number of benzene rings is 3. The Morgan fingerprint density at radius 2 is 1.64 bits per heavy atom. The van der Waals surface area contributed by atoms with Gasteiger partial charge in [0.1, 0.15) is 17.7 Å². The Bertz CT molecular complexity index is 1410. The van der Waals surface area contributed by atoms with Gasteiger partial charge in [0.05, 0.1) is 5.69 Å². The molecule has 39 heavy (non-hydrogen) atoms. The van der Waals surface area contributed by atoms with Gasteiger partial charge in [-0.25, -0.2) is 9.37 Å². The summed E-state index contributed by atoms with van der Waals surface area (Å²) in [7, 11) is 0. The maximum absolute atomic E-state index is 14.0. The normalized spacial score (nSPS) is 11.7. The van der Waals surface area contributed by atoms with E-state index in [2.05, 4.69) is 39.8 Å².